The summed E-state index contributed by atoms with van der Waals surface area (Å²) >= 11 is 0. The van der Waals surface area contributed by atoms with Gasteiger partial charge in [-0.2, -0.15) is 0 Å². The molecule has 2 amide bonds. The Morgan fingerprint density at radius 1 is 0.971 bits per heavy atom. The standard InChI is InChI=1S/C28H32N2O5/c31-26(32)12-9-18-13-14-30(16-18)27(33)19-10-11-20(15-19)29-28(34)35-17-25-23-7-3-1-5-21(23)22-6-2-4-8-24(22)25/h1-8,18-20,25H,9-17H2,(H,29,34)(H,31,32)/t18?,19-,20+/m1/s1. The van der Waals surface area contributed by atoms with Crippen molar-refractivity contribution in [2.24, 2.45) is 11.8 Å². The van der Waals surface area contributed by atoms with Crippen LogP contribution in [0.1, 0.15) is 55.6 Å². The van der Waals surface area contributed by atoms with Gasteiger partial charge in [0.05, 0.1) is 0 Å². The zero-order valence-electron chi connectivity index (χ0n) is 19.8. The summed E-state index contributed by atoms with van der Waals surface area (Å²) in [4.78, 5) is 38.3. The summed E-state index contributed by atoms with van der Waals surface area (Å²) in [5, 5.41) is 11.9. The van der Waals surface area contributed by atoms with E-state index in [9.17, 15) is 14.4 Å². The molecular weight excluding hydrogens is 444 g/mol. The van der Waals surface area contributed by atoms with E-state index in [0.29, 0.717) is 25.9 Å². The average Bonchev–Trinajstić information content (AvgIpc) is 3.59. The molecule has 7 nitrogen and oxygen atoms in total. The maximum atomic E-state index is 13.0. The number of benzene rings is 2. The van der Waals surface area contributed by atoms with Crippen molar-refractivity contribution >= 4 is 18.0 Å². The quantitative estimate of drug-likeness (QED) is 0.617. The van der Waals surface area contributed by atoms with Crippen molar-refractivity contribution in [3.8, 4) is 11.1 Å². The molecule has 1 unspecified atom stereocenters. The second kappa shape index (κ2) is 10.1. The Bertz CT molecular complexity index is 1070. The number of rotatable bonds is 7. The molecule has 184 valence electrons. The number of hydrogen-bond donors (Lipinski definition) is 2. The molecular formula is C28H32N2O5. The molecule has 3 atom stereocenters. The lowest BCUT2D eigenvalue weighted by Crippen LogP contribution is -2.37. The van der Waals surface area contributed by atoms with Crippen molar-refractivity contribution < 1.29 is 24.2 Å². The number of fused-ring (bicyclic) bond motifs is 3. The third kappa shape index (κ3) is 5.04. The maximum Gasteiger partial charge on any atom is 0.407 e. The van der Waals surface area contributed by atoms with Crippen LogP contribution in [0.4, 0.5) is 4.79 Å². The van der Waals surface area contributed by atoms with Crippen LogP contribution in [-0.4, -0.2) is 53.7 Å². The second-order valence-corrected chi connectivity index (χ2v) is 10.0. The molecule has 35 heavy (non-hydrogen) atoms. The van der Waals surface area contributed by atoms with Crippen LogP contribution in [0.2, 0.25) is 0 Å². The number of nitrogens with one attached hydrogen (secondary N) is 1. The fraction of sp³-hybridized carbons (Fsp3) is 0.464. The van der Waals surface area contributed by atoms with Crippen LogP contribution < -0.4 is 5.32 Å². The van der Waals surface area contributed by atoms with Crippen molar-refractivity contribution in [3.05, 3.63) is 59.7 Å². The lowest BCUT2D eigenvalue weighted by Gasteiger charge is -2.21. The van der Waals surface area contributed by atoms with E-state index in [4.69, 9.17) is 9.84 Å². The number of carbonyl (C=O) groups is 3. The molecule has 5 rings (SSSR count). The molecule has 3 aliphatic rings. The van der Waals surface area contributed by atoms with Crippen molar-refractivity contribution in [1.29, 1.82) is 0 Å². The third-order valence-corrected chi connectivity index (χ3v) is 7.81. The monoisotopic (exact) mass is 476 g/mol. The second-order valence-electron chi connectivity index (χ2n) is 10.0. The summed E-state index contributed by atoms with van der Waals surface area (Å²) in [5.41, 5.74) is 4.75. The zero-order chi connectivity index (χ0) is 24.4. The molecule has 2 aromatic carbocycles. The lowest BCUT2D eigenvalue weighted by molar-refractivity contribution is -0.137. The molecule has 0 aromatic heterocycles. The molecule has 0 spiro atoms. The Kier molecular flexibility index (Phi) is 6.75. The number of alkyl carbamates (subject to hydrolysis) is 1. The first kappa shape index (κ1) is 23.4. The molecule has 1 saturated heterocycles. The molecule has 7 heteroatoms. The van der Waals surface area contributed by atoms with Gasteiger partial charge < -0.3 is 20.1 Å². The number of likely N-dealkylation sites (tertiary alicyclic amines) is 1. The van der Waals surface area contributed by atoms with Crippen LogP contribution in [0.3, 0.4) is 0 Å². The molecule has 2 fully saturated rings. The maximum absolute atomic E-state index is 13.0. The van der Waals surface area contributed by atoms with Gasteiger partial charge in [-0.3, -0.25) is 9.59 Å². The van der Waals surface area contributed by atoms with E-state index in [1.165, 1.54) is 22.3 Å². The zero-order valence-corrected chi connectivity index (χ0v) is 19.8. The molecule has 0 bridgehead atoms. The number of carbonyl (C=O) groups excluding carboxylic acids is 2. The molecule has 2 aliphatic carbocycles. The Hall–Kier alpha value is -3.35. The molecule has 2 N–H and O–H groups in total. The van der Waals surface area contributed by atoms with E-state index < -0.39 is 12.1 Å². The van der Waals surface area contributed by atoms with E-state index >= 15 is 0 Å². The third-order valence-electron chi connectivity index (χ3n) is 7.81. The largest absolute Gasteiger partial charge is 0.481 e. The van der Waals surface area contributed by atoms with Crippen molar-refractivity contribution in [3.63, 3.8) is 0 Å². The van der Waals surface area contributed by atoms with Crippen LogP contribution in [0.15, 0.2) is 48.5 Å². The summed E-state index contributed by atoms with van der Waals surface area (Å²) in [6.07, 6.45) is 3.35. The van der Waals surface area contributed by atoms with Crippen LogP contribution in [0.25, 0.3) is 11.1 Å². The topological polar surface area (TPSA) is 95.9 Å². The first-order valence-corrected chi connectivity index (χ1v) is 12.6. The van der Waals surface area contributed by atoms with Gasteiger partial charge >= 0.3 is 12.1 Å². The normalized spacial score (nSPS) is 23.1. The number of nitrogens with zero attached hydrogens (tertiary/aromatic N) is 1. The minimum Gasteiger partial charge on any atom is -0.481 e. The smallest absolute Gasteiger partial charge is 0.407 e. The van der Waals surface area contributed by atoms with Gasteiger partial charge in [-0.15, -0.1) is 0 Å². The first-order valence-electron chi connectivity index (χ1n) is 12.6. The number of carboxylic acids is 1. The van der Waals surface area contributed by atoms with Crippen LogP contribution in [0, 0.1) is 11.8 Å². The fourth-order valence-electron chi connectivity index (χ4n) is 6.00. The lowest BCUT2D eigenvalue weighted by atomic mass is 9.98. The highest BCUT2D eigenvalue weighted by molar-refractivity contribution is 5.80. The van der Waals surface area contributed by atoms with E-state index in [2.05, 4.69) is 29.6 Å². The predicted octanol–water partition coefficient (Wildman–Crippen LogP) is 4.41. The van der Waals surface area contributed by atoms with Crippen LogP contribution >= 0.6 is 0 Å². The number of carboxylic acid groups (broad SMARTS) is 1. The fourth-order valence-corrected chi connectivity index (χ4v) is 6.00. The number of hydrogen-bond acceptors (Lipinski definition) is 4. The Morgan fingerprint density at radius 3 is 2.34 bits per heavy atom. The average molecular weight is 477 g/mol. The highest BCUT2D eigenvalue weighted by Crippen LogP contribution is 2.44. The van der Waals surface area contributed by atoms with Crippen molar-refractivity contribution in [2.75, 3.05) is 19.7 Å². The van der Waals surface area contributed by atoms with Crippen LogP contribution in [0.5, 0.6) is 0 Å². The summed E-state index contributed by atoms with van der Waals surface area (Å²) < 4.78 is 5.66. The van der Waals surface area contributed by atoms with Gasteiger partial charge in [0.1, 0.15) is 6.61 Å². The first-order chi connectivity index (χ1) is 17.0. The van der Waals surface area contributed by atoms with Crippen molar-refractivity contribution in [2.45, 2.75) is 50.5 Å². The summed E-state index contributed by atoms with van der Waals surface area (Å²) in [7, 11) is 0. The highest BCUT2D eigenvalue weighted by Gasteiger charge is 2.36. The van der Waals surface area contributed by atoms with Gasteiger partial charge in [0.15, 0.2) is 0 Å². The molecule has 2 aromatic rings. The minimum atomic E-state index is -0.785. The molecule has 1 aliphatic heterocycles. The van der Waals surface area contributed by atoms with Crippen molar-refractivity contribution in [1.82, 2.24) is 10.2 Å². The highest BCUT2D eigenvalue weighted by atomic mass is 16.5. The van der Waals surface area contributed by atoms with Crippen LogP contribution in [-0.2, 0) is 14.3 Å². The van der Waals surface area contributed by atoms with E-state index in [-0.39, 0.29) is 42.7 Å². The Labute approximate surface area is 205 Å². The predicted molar refractivity (Wildman–Crippen MR) is 131 cm³/mol. The number of amides is 2. The number of ether oxygens (including phenoxy) is 1. The molecule has 0 radical (unpaired) electrons. The van der Waals surface area contributed by atoms with Gasteiger partial charge in [-0.25, -0.2) is 4.79 Å². The van der Waals surface area contributed by atoms with E-state index in [1.54, 1.807) is 0 Å². The van der Waals surface area contributed by atoms with Gasteiger partial charge in [-0.1, -0.05) is 48.5 Å². The Morgan fingerprint density at radius 2 is 1.66 bits per heavy atom. The SMILES string of the molecule is O=C(O)CCC1CCN(C(=O)[C@@H]2CC[C@H](NC(=O)OCC3c4ccccc4-c4ccccc43)C2)C1. The number of aliphatic carboxylic acids is 1. The van der Waals surface area contributed by atoms with Gasteiger partial charge in [0.2, 0.25) is 5.91 Å². The van der Waals surface area contributed by atoms with Gasteiger partial charge in [0.25, 0.3) is 0 Å². The van der Waals surface area contributed by atoms with Gasteiger partial charge in [-0.05, 0) is 60.3 Å². The Balaban J connectivity index is 1.10. The summed E-state index contributed by atoms with van der Waals surface area (Å²) in [6.45, 7) is 1.62. The molecule has 1 saturated carbocycles. The van der Waals surface area contributed by atoms with E-state index in [1.807, 2.05) is 29.2 Å². The summed E-state index contributed by atoms with van der Waals surface area (Å²) in [6, 6.07) is 16.4. The molecule has 1 heterocycles. The van der Waals surface area contributed by atoms with E-state index in [0.717, 1.165) is 19.3 Å². The summed E-state index contributed by atoms with van der Waals surface area (Å²) in [5.74, 6) is -0.444. The van der Waals surface area contributed by atoms with Gasteiger partial charge in [0, 0.05) is 37.4 Å². The minimum absolute atomic E-state index is 0.0234.